The van der Waals surface area contributed by atoms with Crippen molar-refractivity contribution in [2.24, 2.45) is 0 Å². The van der Waals surface area contributed by atoms with E-state index in [1.807, 2.05) is 0 Å². The first-order chi connectivity index (χ1) is 9.37. The molecule has 108 valence electrons. The van der Waals surface area contributed by atoms with E-state index in [0.717, 1.165) is 11.3 Å². The smallest absolute Gasteiger partial charge is 0.387 e. The molecule has 0 unspecified atom stereocenters. The van der Waals surface area contributed by atoms with Crippen LogP contribution in [-0.4, -0.2) is 15.0 Å². The molecule has 1 aromatic heterocycles. The number of rotatable bonds is 5. The first-order valence-electron chi connectivity index (χ1n) is 5.20. The van der Waals surface area contributed by atoms with Crippen LogP contribution >= 0.6 is 22.9 Å². The molecule has 0 saturated heterocycles. The number of hydrogen-bond acceptors (Lipinski definition) is 4. The van der Waals surface area contributed by atoms with Gasteiger partial charge in [-0.15, -0.1) is 11.3 Å². The number of ether oxygens (including phenoxy) is 1. The van der Waals surface area contributed by atoms with Gasteiger partial charge in [0.1, 0.15) is 9.96 Å². The highest BCUT2D eigenvalue weighted by Gasteiger charge is 2.16. The fourth-order valence-electron chi connectivity index (χ4n) is 1.35. The van der Waals surface area contributed by atoms with E-state index < -0.39 is 16.6 Å². The molecular weight excluding hydrogens is 332 g/mol. The van der Waals surface area contributed by atoms with E-state index in [1.165, 1.54) is 36.4 Å². The second-order valence-electron chi connectivity index (χ2n) is 3.57. The van der Waals surface area contributed by atoms with Crippen LogP contribution in [0.4, 0.5) is 14.5 Å². The Bertz CT molecular complexity index is 686. The molecule has 1 aromatic carbocycles. The van der Waals surface area contributed by atoms with Crippen LogP contribution in [0.15, 0.2) is 40.6 Å². The number of anilines is 1. The van der Waals surface area contributed by atoms with E-state index in [0.29, 0.717) is 4.34 Å². The molecule has 2 rings (SSSR count). The number of halogens is 3. The lowest BCUT2D eigenvalue weighted by Gasteiger charge is -2.08. The molecule has 0 spiro atoms. The van der Waals surface area contributed by atoms with Crippen molar-refractivity contribution in [3.05, 3.63) is 40.7 Å². The number of alkyl halides is 2. The predicted octanol–water partition coefficient (Wildman–Crippen LogP) is 3.80. The van der Waals surface area contributed by atoms with Crippen LogP contribution in [-0.2, 0) is 10.0 Å². The topological polar surface area (TPSA) is 55.4 Å². The first kappa shape index (κ1) is 15.0. The predicted molar refractivity (Wildman–Crippen MR) is 73.2 cm³/mol. The van der Waals surface area contributed by atoms with Gasteiger partial charge in [-0.25, -0.2) is 8.42 Å². The molecule has 9 heteroatoms. The fourth-order valence-corrected chi connectivity index (χ4v) is 3.89. The zero-order valence-electron chi connectivity index (χ0n) is 9.72. The van der Waals surface area contributed by atoms with Crippen LogP contribution in [0.25, 0.3) is 0 Å². The van der Waals surface area contributed by atoms with E-state index in [2.05, 4.69) is 9.46 Å². The summed E-state index contributed by atoms with van der Waals surface area (Å²) in [6.07, 6.45) is 0. The number of thiophene rings is 1. The van der Waals surface area contributed by atoms with Gasteiger partial charge in [-0.3, -0.25) is 4.72 Å². The van der Waals surface area contributed by atoms with Crippen LogP contribution in [0.3, 0.4) is 0 Å². The molecule has 0 aliphatic rings. The van der Waals surface area contributed by atoms with Crippen LogP contribution < -0.4 is 9.46 Å². The molecule has 1 N–H and O–H groups in total. The zero-order valence-corrected chi connectivity index (χ0v) is 12.1. The third-order valence-electron chi connectivity index (χ3n) is 2.15. The Hall–Kier alpha value is -1.38. The average molecular weight is 340 g/mol. The molecule has 0 radical (unpaired) electrons. The molecule has 0 aliphatic heterocycles. The average Bonchev–Trinajstić information content (AvgIpc) is 2.78. The fraction of sp³-hybridized carbons (Fsp3) is 0.0909. The summed E-state index contributed by atoms with van der Waals surface area (Å²) in [7, 11) is -3.73. The van der Waals surface area contributed by atoms with Crippen molar-refractivity contribution in [3.8, 4) is 5.75 Å². The maximum atomic E-state index is 12.0. The minimum atomic E-state index is -3.73. The monoisotopic (exact) mass is 339 g/mol. The van der Waals surface area contributed by atoms with E-state index in [-0.39, 0.29) is 15.6 Å². The summed E-state index contributed by atoms with van der Waals surface area (Å²) in [5.41, 5.74) is 0.233. The Balaban J connectivity index is 2.13. The van der Waals surface area contributed by atoms with Crippen molar-refractivity contribution >= 4 is 38.6 Å². The van der Waals surface area contributed by atoms with E-state index in [4.69, 9.17) is 11.6 Å². The van der Waals surface area contributed by atoms with Crippen LogP contribution in [0, 0.1) is 0 Å². The van der Waals surface area contributed by atoms with Crippen LogP contribution in [0.5, 0.6) is 5.75 Å². The summed E-state index contributed by atoms with van der Waals surface area (Å²) < 4.78 is 54.8. The van der Waals surface area contributed by atoms with Gasteiger partial charge in [-0.2, -0.15) is 8.78 Å². The summed E-state index contributed by atoms with van der Waals surface area (Å²) in [5, 5.41) is 0. The highest BCUT2D eigenvalue weighted by Crippen LogP contribution is 2.27. The zero-order chi connectivity index (χ0) is 14.8. The van der Waals surface area contributed by atoms with Gasteiger partial charge >= 0.3 is 6.61 Å². The number of nitrogens with one attached hydrogen (secondary N) is 1. The Morgan fingerprint density at radius 2 is 1.80 bits per heavy atom. The second-order valence-corrected chi connectivity index (χ2v) is 7.19. The Morgan fingerprint density at radius 3 is 2.30 bits per heavy atom. The maximum Gasteiger partial charge on any atom is 0.387 e. The lowest BCUT2D eigenvalue weighted by molar-refractivity contribution is -0.0498. The normalized spacial score (nSPS) is 11.6. The van der Waals surface area contributed by atoms with Crippen molar-refractivity contribution in [3.63, 3.8) is 0 Å². The van der Waals surface area contributed by atoms with Crippen molar-refractivity contribution in [2.45, 2.75) is 10.8 Å². The van der Waals surface area contributed by atoms with Gasteiger partial charge in [-0.1, -0.05) is 11.6 Å². The molecule has 0 bridgehead atoms. The van der Waals surface area contributed by atoms with Crippen molar-refractivity contribution in [1.29, 1.82) is 0 Å². The third kappa shape index (κ3) is 3.81. The summed E-state index contributed by atoms with van der Waals surface area (Å²) in [4.78, 5) is 0. The molecule has 0 amide bonds. The van der Waals surface area contributed by atoms with Gasteiger partial charge in [0.15, 0.2) is 0 Å². The van der Waals surface area contributed by atoms with E-state index in [9.17, 15) is 17.2 Å². The summed E-state index contributed by atoms with van der Waals surface area (Å²) in [5.74, 6) is -0.0536. The van der Waals surface area contributed by atoms with Crippen molar-refractivity contribution in [1.82, 2.24) is 0 Å². The first-order valence-corrected chi connectivity index (χ1v) is 7.87. The molecule has 20 heavy (non-hydrogen) atoms. The molecule has 0 aliphatic carbocycles. The van der Waals surface area contributed by atoms with Gasteiger partial charge in [0.2, 0.25) is 0 Å². The summed E-state index contributed by atoms with van der Waals surface area (Å²) >= 11 is 6.59. The highest BCUT2D eigenvalue weighted by molar-refractivity contribution is 7.94. The van der Waals surface area contributed by atoms with Gasteiger partial charge in [0.25, 0.3) is 10.0 Å². The molecule has 0 fully saturated rings. The van der Waals surface area contributed by atoms with E-state index >= 15 is 0 Å². The van der Waals surface area contributed by atoms with E-state index in [1.54, 1.807) is 0 Å². The lowest BCUT2D eigenvalue weighted by atomic mass is 10.3. The van der Waals surface area contributed by atoms with Crippen LogP contribution in [0.2, 0.25) is 4.34 Å². The number of hydrogen-bond donors (Lipinski definition) is 1. The highest BCUT2D eigenvalue weighted by atomic mass is 35.5. The standard InChI is InChI=1S/C11H8ClF2NO3S2/c12-9-5-6-10(19-9)20(16,17)15-7-1-3-8(4-2-7)18-11(13)14/h1-6,11,15H. The van der Waals surface area contributed by atoms with Gasteiger partial charge in [0.05, 0.1) is 4.34 Å². The minimum Gasteiger partial charge on any atom is -0.435 e. The van der Waals surface area contributed by atoms with Gasteiger partial charge in [0, 0.05) is 5.69 Å². The number of benzene rings is 1. The molecular formula is C11H8ClF2NO3S2. The van der Waals surface area contributed by atoms with Gasteiger partial charge < -0.3 is 4.74 Å². The Kier molecular flexibility index (Phi) is 4.46. The molecule has 0 saturated carbocycles. The quantitative estimate of drug-likeness (QED) is 0.901. The molecule has 1 heterocycles. The Morgan fingerprint density at radius 1 is 1.15 bits per heavy atom. The molecule has 0 atom stereocenters. The van der Waals surface area contributed by atoms with Crippen molar-refractivity contribution < 1.29 is 21.9 Å². The Labute approximate surface area is 123 Å². The SMILES string of the molecule is O=S(=O)(Nc1ccc(OC(F)F)cc1)c1ccc(Cl)s1. The third-order valence-corrected chi connectivity index (χ3v) is 5.25. The van der Waals surface area contributed by atoms with Gasteiger partial charge in [-0.05, 0) is 36.4 Å². The van der Waals surface area contributed by atoms with Crippen LogP contribution in [0.1, 0.15) is 0 Å². The lowest BCUT2D eigenvalue weighted by Crippen LogP contribution is -2.11. The molecule has 2 aromatic rings. The number of sulfonamides is 1. The van der Waals surface area contributed by atoms with Crippen molar-refractivity contribution in [2.75, 3.05) is 4.72 Å². The maximum absolute atomic E-state index is 12.0. The second kappa shape index (κ2) is 5.94. The molecule has 4 nitrogen and oxygen atoms in total. The minimum absolute atomic E-state index is 0.0536. The summed E-state index contributed by atoms with van der Waals surface area (Å²) in [6.45, 7) is -2.93. The summed E-state index contributed by atoms with van der Waals surface area (Å²) in [6, 6.07) is 7.98. The largest absolute Gasteiger partial charge is 0.435 e.